The number of hydrogen-bond acceptors (Lipinski definition) is 4. The van der Waals surface area contributed by atoms with Crippen LogP contribution < -0.4 is 5.32 Å². The van der Waals surface area contributed by atoms with Gasteiger partial charge in [0.1, 0.15) is 11.5 Å². The first-order valence-electron chi connectivity index (χ1n) is 9.70. The fourth-order valence-corrected chi connectivity index (χ4v) is 3.82. The standard InChI is InChI=1S/C21H25N5O3/c1-14-19-23-17(20(27)22-7-11-29-3)13-25(19)9-10-26(14)21(28)16-4-5-18-15(12-16)6-8-24(18)2/h4-6,8,12-14H,7,9-11H2,1-3H3,(H,22,27)/t14-/m1/s1. The van der Waals surface area contributed by atoms with Crippen LogP contribution in [-0.2, 0) is 18.3 Å². The molecule has 3 aromatic rings. The number of aryl methyl sites for hydroxylation is 1. The van der Waals surface area contributed by atoms with E-state index in [1.165, 1.54) is 0 Å². The minimum absolute atomic E-state index is 0.0244. The van der Waals surface area contributed by atoms with Crippen molar-refractivity contribution in [2.75, 3.05) is 26.8 Å². The maximum absolute atomic E-state index is 13.2. The molecule has 0 bridgehead atoms. The monoisotopic (exact) mass is 395 g/mol. The van der Waals surface area contributed by atoms with Crippen LogP contribution in [0.1, 0.15) is 39.6 Å². The summed E-state index contributed by atoms with van der Waals surface area (Å²) in [5, 5.41) is 3.82. The van der Waals surface area contributed by atoms with Crippen molar-refractivity contribution in [1.29, 1.82) is 0 Å². The van der Waals surface area contributed by atoms with E-state index in [1.807, 2.05) is 58.5 Å². The number of hydrogen-bond donors (Lipinski definition) is 1. The van der Waals surface area contributed by atoms with E-state index in [-0.39, 0.29) is 17.9 Å². The van der Waals surface area contributed by atoms with Crippen LogP contribution in [0.4, 0.5) is 0 Å². The second-order valence-corrected chi connectivity index (χ2v) is 7.30. The van der Waals surface area contributed by atoms with Gasteiger partial charge in [0.05, 0.1) is 12.6 Å². The molecule has 0 aliphatic carbocycles. The summed E-state index contributed by atoms with van der Waals surface area (Å²) < 4.78 is 8.94. The number of methoxy groups -OCH3 is 1. The summed E-state index contributed by atoms with van der Waals surface area (Å²) >= 11 is 0. The van der Waals surface area contributed by atoms with Crippen LogP contribution in [0.3, 0.4) is 0 Å². The molecule has 2 amide bonds. The Balaban J connectivity index is 1.53. The predicted octanol–water partition coefficient (Wildman–Crippen LogP) is 1.97. The van der Waals surface area contributed by atoms with Gasteiger partial charge in [-0.3, -0.25) is 9.59 Å². The molecule has 1 aliphatic heterocycles. The van der Waals surface area contributed by atoms with Crippen LogP contribution in [0.25, 0.3) is 10.9 Å². The number of imidazole rings is 1. The van der Waals surface area contributed by atoms with Gasteiger partial charge < -0.3 is 24.1 Å². The Morgan fingerprint density at radius 3 is 2.90 bits per heavy atom. The number of aromatic nitrogens is 3. The number of benzene rings is 1. The molecule has 0 fully saturated rings. The summed E-state index contributed by atoms with van der Waals surface area (Å²) in [5.41, 5.74) is 2.11. The lowest BCUT2D eigenvalue weighted by Crippen LogP contribution is -2.41. The first kappa shape index (κ1) is 19.2. The van der Waals surface area contributed by atoms with Gasteiger partial charge in [-0.15, -0.1) is 0 Å². The van der Waals surface area contributed by atoms with Crippen molar-refractivity contribution >= 4 is 22.7 Å². The van der Waals surface area contributed by atoms with Gasteiger partial charge in [-0.25, -0.2) is 4.98 Å². The topological polar surface area (TPSA) is 81.4 Å². The molecule has 29 heavy (non-hydrogen) atoms. The number of ether oxygens (including phenoxy) is 1. The van der Waals surface area contributed by atoms with Gasteiger partial charge in [-0.05, 0) is 31.2 Å². The number of nitrogens with one attached hydrogen (secondary N) is 1. The van der Waals surface area contributed by atoms with Crippen LogP contribution >= 0.6 is 0 Å². The van der Waals surface area contributed by atoms with Gasteiger partial charge in [-0.1, -0.05) is 0 Å². The molecule has 2 aromatic heterocycles. The quantitative estimate of drug-likeness (QED) is 0.670. The van der Waals surface area contributed by atoms with Gasteiger partial charge in [0.2, 0.25) is 0 Å². The Bertz CT molecular complexity index is 1070. The number of fused-ring (bicyclic) bond motifs is 2. The summed E-state index contributed by atoms with van der Waals surface area (Å²) in [6.07, 6.45) is 3.74. The molecule has 0 spiro atoms. The molecule has 8 heteroatoms. The zero-order valence-electron chi connectivity index (χ0n) is 16.9. The van der Waals surface area contributed by atoms with E-state index in [9.17, 15) is 9.59 Å². The lowest BCUT2D eigenvalue weighted by Gasteiger charge is -2.33. The number of carbonyl (C=O) groups is 2. The Morgan fingerprint density at radius 1 is 1.28 bits per heavy atom. The average molecular weight is 395 g/mol. The molecule has 1 N–H and O–H groups in total. The first-order chi connectivity index (χ1) is 14.0. The summed E-state index contributed by atoms with van der Waals surface area (Å²) in [4.78, 5) is 31.8. The van der Waals surface area contributed by atoms with Gasteiger partial charge >= 0.3 is 0 Å². The van der Waals surface area contributed by atoms with Crippen LogP contribution in [0.2, 0.25) is 0 Å². The van der Waals surface area contributed by atoms with E-state index in [1.54, 1.807) is 13.3 Å². The third kappa shape index (κ3) is 3.51. The molecule has 1 atom stereocenters. The summed E-state index contributed by atoms with van der Waals surface area (Å²) in [6.45, 7) is 4.01. The minimum Gasteiger partial charge on any atom is -0.383 e. The fraction of sp³-hybridized carbons (Fsp3) is 0.381. The number of nitrogens with zero attached hydrogens (tertiary/aromatic N) is 4. The Labute approximate surface area is 169 Å². The Kier molecular flexibility index (Phi) is 5.10. The first-order valence-corrected chi connectivity index (χ1v) is 9.70. The van der Waals surface area contributed by atoms with Crippen molar-refractivity contribution in [3.63, 3.8) is 0 Å². The van der Waals surface area contributed by atoms with E-state index >= 15 is 0 Å². The molecule has 4 rings (SSSR count). The van der Waals surface area contributed by atoms with Crippen molar-refractivity contribution in [1.82, 2.24) is 24.3 Å². The second kappa shape index (κ2) is 7.71. The van der Waals surface area contributed by atoms with Crippen LogP contribution in [0.15, 0.2) is 36.7 Å². The predicted molar refractivity (Wildman–Crippen MR) is 109 cm³/mol. The molecule has 8 nitrogen and oxygen atoms in total. The van der Waals surface area contributed by atoms with Crippen LogP contribution in [-0.4, -0.2) is 57.6 Å². The van der Waals surface area contributed by atoms with Crippen LogP contribution in [0.5, 0.6) is 0 Å². The van der Waals surface area contributed by atoms with Crippen molar-refractivity contribution in [2.24, 2.45) is 7.05 Å². The Morgan fingerprint density at radius 2 is 2.10 bits per heavy atom. The van der Waals surface area contributed by atoms with Crippen molar-refractivity contribution in [2.45, 2.75) is 19.5 Å². The summed E-state index contributed by atoms with van der Waals surface area (Å²) in [6, 6.07) is 7.56. The zero-order chi connectivity index (χ0) is 20.5. The van der Waals surface area contributed by atoms with Crippen molar-refractivity contribution in [3.8, 4) is 0 Å². The van der Waals surface area contributed by atoms with E-state index in [2.05, 4.69) is 10.3 Å². The second-order valence-electron chi connectivity index (χ2n) is 7.30. The van der Waals surface area contributed by atoms with Gasteiger partial charge in [-0.2, -0.15) is 0 Å². The summed E-state index contributed by atoms with van der Waals surface area (Å²) in [7, 11) is 3.57. The number of rotatable bonds is 5. The minimum atomic E-state index is -0.233. The highest BCUT2D eigenvalue weighted by molar-refractivity contribution is 5.98. The third-order valence-corrected chi connectivity index (χ3v) is 5.45. The van der Waals surface area contributed by atoms with Gasteiger partial charge in [0.15, 0.2) is 0 Å². The third-order valence-electron chi connectivity index (χ3n) is 5.45. The van der Waals surface area contributed by atoms with E-state index < -0.39 is 0 Å². The number of amides is 2. The largest absolute Gasteiger partial charge is 0.383 e. The molecule has 152 valence electrons. The smallest absolute Gasteiger partial charge is 0.271 e. The zero-order valence-corrected chi connectivity index (χ0v) is 16.9. The average Bonchev–Trinajstić information content (AvgIpc) is 3.32. The van der Waals surface area contributed by atoms with Gasteiger partial charge in [0, 0.05) is 62.7 Å². The lowest BCUT2D eigenvalue weighted by atomic mass is 10.1. The molecular weight excluding hydrogens is 370 g/mol. The van der Waals surface area contributed by atoms with E-state index in [0.29, 0.717) is 37.5 Å². The molecule has 0 saturated heterocycles. The highest BCUT2D eigenvalue weighted by atomic mass is 16.5. The van der Waals surface area contributed by atoms with Crippen LogP contribution in [0, 0.1) is 0 Å². The lowest BCUT2D eigenvalue weighted by molar-refractivity contribution is 0.0638. The molecular formula is C21H25N5O3. The van der Waals surface area contributed by atoms with Crippen molar-refractivity contribution in [3.05, 3.63) is 53.7 Å². The molecule has 3 heterocycles. The van der Waals surface area contributed by atoms with Crippen molar-refractivity contribution < 1.29 is 14.3 Å². The summed E-state index contributed by atoms with van der Waals surface area (Å²) in [5.74, 6) is 0.467. The highest BCUT2D eigenvalue weighted by Crippen LogP contribution is 2.27. The van der Waals surface area contributed by atoms with Gasteiger partial charge in [0.25, 0.3) is 11.8 Å². The highest BCUT2D eigenvalue weighted by Gasteiger charge is 2.31. The normalized spacial score (nSPS) is 16.1. The maximum atomic E-state index is 13.2. The van der Waals surface area contributed by atoms with E-state index in [4.69, 9.17) is 4.74 Å². The number of carbonyl (C=O) groups excluding carboxylic acids is 2. The molecule has 0 unspecified atom stereocenters. The molecule has 0 saturated carbocycles. The Hall–Kier alpha value is -3.13. The van der Waals surface area contributed by atoms with E-state index in [0.717, 1.165) is 16.7 Å². The molecule has 1 aromatic carbocycles. The molecule has 1 aliphatic rings. The SMILES string of the molecule is COCCNC(=O)c1cn2c(n1)[C@@H](C)N(C(=O)c1ccc3c(ccn3C)c1)CC2. The maximum Gasteiger partial charge on any atom is 0.271 e. The molecule has 0 radical (unpaired) electrons. The fourth-order valence-electron chi connectivity index (χ4n) is 3.82.